The maximum atomic E-state index is 10.9. The molecule has 5 nitrogen and oxygen atoms in total. The summed E-state index contributed by atoms with van der Waals surface area (Å²) in [6, 6.07) is -0.542. The first-order valence-electron chi connectivity index (χ1n) is 5.00. The van der Waals surface area contributed by atoms with Crippen LogP contribution in [0.3, 0.4) is 0 Å². The maximum Gasteiger partial charge on any atom is 0.320 e. The lowest BCUT2D eigenvalue weighted by Crippen LogP contribution is -2.45. The number of nitrogens with one attached hydrogen (secondary N) is 1. The summed E-state index contributed by atoms with van der Waals surface area (Å²) >= 11 is 0. The molecule has 15 heavy (non-hydrogen) atoms. The molecule has 2 atom stereocenters. The van der Waals surface area contributed by atoms with Crippen molar-refractivity contribution in [1.29, 1.82) is 0 Å². The van der Waals surface area contributed by atoms with Crippen LogP contribution in [-0.2, 0) is 14.3 Å². The lowest BCUT2D eigenvalue weighted by molar-refractivity contribution is -0.140. The Morgan fingerprint density at radius 2 is 2.00 bits per heavy atom. The highest BCUT2D eigenvalue weighted by Crippen LogP contribution is 2.02. The third kappa shape index (κ3) is 5.71. The van der Waals surface area contributed by atoms with Crippen molar-refractivity contribution in [3.8, 4) is 0 Å². The van der Waals surface area contributed by atoms with Crippen LogP contribution < -0.4 is 5.32 Å². The normalized spacial score (nSPS) is 15.3. The van der Waals surface area contributed by atoms with E-state index in [4.69, 9.17) is 14.6 Å². The average Bonchev–Trinajstić information content (AvgIpc) is 2.15. The van der Waals surface area contributed by atoms with Crippen LogP contribution >= 0.6 is 0 Å². The zero-order valence-corrected chi connectivity index (χ0v) is 9.82. The van der Waals surface area contributed by atoms with E-state index in [1.165, 1.54) is 0 Å². The van der Waals surface area contributed by atoms with Crippen molar-refractivity contribution >= 4 is 5.97 Å². The average molecular weight is 219 g/mol. The predicted molar refractivity (Wildman–Crippen MR) is 56.9 cm³/mol. The minimum atomic E-state index is -0.836. The van der Waals surface area contributed by atoms with Crippen molar-refractivity contribution in [3.63, 3.8) is 0 Å². The summed E-state index contributed by atoms with van der Waals surface area (Å²) in [5, 5.41) is 11.9. The van der Waals surface area contributed by atoms with E-state index in [1.54, 1.807) is 14.2 Å². The molecule has 0 saturated heterocycles. The smallest absolute Gasteiger partial charge is 0.320 e. The molecule has 0 aromatic carbocycles. The van der Waals surface area contributed by atoms with Gasteiger partial charge in [0.2, 0.25) is 0 Å². The molecular weight excluding hydrogens is 198 g/mol. The molecule has 0 bridgehead atoms. The Hall–Kier alpha value is -0.650. The number of hydrogen-bond donors (Lipinski definition) is 2. The molecule has 0 radical (unpaired) electrons. The van der Waals surface area contributed by atoms with Crippen LogP contribution in [0.25, 0.3) is 0 Å². The number of ether oxygens (including phenoxy) is 2. The summed E-state index contributed by atoms with van der Waals surface area (Å²) in [6.07, 6.45) is -0.115. The summed E-state index contributed by atoms with van der Waals surface area (Å²) in [6.45, 7) is 4.65. The molecule has 0 spiro atoms. The van der Waals surface area contributed by atoms with Gasteiger partial charge < -0.3 is 19.9 Å². The van der Waals surface area contributed by atoms with E-state index in [0.29, 0.717) is 13.2 Å². The quantitative estimate of drug-likeness (QED) is 0.616. The Morgan fingerprint density at radius 3 is 2.33 bits per heavy atom. The summed E-state index contributed by atoms with van der Waals surface area (Å²) in [4.78, 5) is 10.9. The lowest BCUT2D eigenvalue weighted by Gasteiger charge is -2.21. The second-order valence-corrected chi connectivity index (χ2v) is 3.78. The second kappa shape index (κ2) is 7.62. The fraction of sp³-hybridized carbons (Fsp3) is 0.900. The van der Waals surface area contributed by atoms with Gasteiger partial charge in [0.1, 0.15) is 6.04 Å². The van der Waals surface area contributed by atoms with Gasteiger partial charge in [-0.2, -0.15) is 0 Å². The number of methoxy groups -OCH3 is 2. The van der Waals surface area contributed by atoms with Gasteiger partial charge >= 0.3 is 5.97 Å². The fourth-order valence-electron chi connectivity index (χ4n) is 1.26. The first-order valence-corrected chi connectivity index (χ1v) is 5.00. The van der Waals surface area contributed by atoms with Crippen molar-refractivity contribution in [1.82, 2.24) is 5.32 Å². The third-order valence-electron chi connectivity index (χ3n) is 2.18. The molecule has 0 amide bonds. The number of carboxylic acid groups (broad SMARTS) is 1. The zero-order chi connectivity index (χ0) is 11.8. The summed E-state index contributed by atoms with van der Waals surface area (Å²) in [7, 11) is 3.17. The van der Waals surface area contributed by atoms with E-state index in [9.17, 15) is 4.79 Å². The Morgan fingerprint density at radius 1 is 1.40 bits per heavy atom. The minimum absolute atomic E-state index is 0.0440. The van der Waals surface area contributed by atoms with Crippen LogP contribution in [0.15, 0.2) is 0 Å². The number of rotatable bonds is 8. The fourth-order valence-corrected chi connectivity index (χ4v) is 1.26. The van der Waals surface area contributed by atoms with Gasteiger partial charge in [0, 0.05) is 20.8 Å². The van der Waals surface area contributed by atoms with E-state index in [1.807, 2.05) is 13.8 Å². The zero-order valence-electron chi connectivity index (χ0n) is 9.82. The number of carboxylic acids is 1. The maximum absolute atomic E-state index is 10.9. The molecule has 0 saturated carbocycles. The molecule has 0 aliphatic heterocycles. The summed E-state index contributed by atoms with van der Waals surface area (Å²) in [5.41, 5.74) is 0. The molecule has 90 valence electrons. The topological polar surface area (TPSA) is 67.8 Å². The first-order chi connectivity index (χ1) is 7.02. The Bertz CT molecular complexity index is 184. The summed E-state index contributed by atoms with van der Waals surface area (Å²) < 4.78 is 10.1. The van der Waals surface area contributed by atoms with Crippen molar-refractivity contribution in [2.75, 3.05) is 27.4 Å². The minimum Gasteiger partial charge on any atom is -0.480 e. The van der Waals surface area contributed by atoms with E-state index < -0.39 is 12.0 Å². The van der Waals surface area contributed by atoms with Crippen LogP contribution in [0.5, 0.6) is 0 Å². The molecule has 0 aliphatic carbocycles. The van der Waals surface area contributed by atoms with Gasteiger partial charge in [0.15, 0.2) is 0 Å². The van der Waals surface area contributed by atoms with Crippen molar-refractivity contribution in [2.45, 2.75) is 26.0 Å². The summed E-state index contributed by atoms with van der Waals surface area (Å²) in [5.74, 6) is -0.792. The molecule has 0 rings (SSSR count). The molecular formula is C10H21NO4. The third-order valence-corrected chi connectivity index (χ3v) is 2.18. The standard InChI is InChI=1S/C10H21NO4/c1-7(2)9(10(12)13)11-5-8(15-4)6-14-3/h7-9,11H,5-6H2,1-4H3,(H,12,13). The van der Waals surface area contributed by atoms with E-state index in [2.05, 4.69) is 5.32 Å². The van der Waals surface area contributed by atoms with Gasteiger partial charge in [0.05, 0.1) is 12.7 Å². The monoisotopic (exact) mass is 219 g/mol. The molecule has 0 aliphatic rings. The van der Waals surface area contributed by atoms with Crippen molar-refractivity contribution in [2.24, 2.45) is 5.92 Å². The van der Waals surface area contributed by atoms with Gasteiger partial charge in [-0.3, -0.25) is 4.79 Å². The predicted octanol–water partition coefficient (Wildman–Crippen LogP) is 0.347. The van der Waals surface area contributed by atoms with Crippen LogP contribution in [0, 0.1) is 5.92 Å². The Labute approximate surface area is 90.8 Å². The second-order valence-electron chi connectivity index (χ2n) is 3.78. The molecule has 0 fully saturated rings. The SMILES string of the molecule is COCC(CNC(C(=O)O)C(C)C)OC. The number of hydrogen-bond acceptors (Lipinski definition) is 4. The highest BCUT2D eigenvalue weighted by molar-refractivity contribution is 5.73. The van der Waals surface area contributed by atoms with Crippen molar-refractivity contribution in [3.05, 3.63) is 0 Å². The van der Waals surface area contributed by atoms with E-state index in [0.717, 1.165) is 0 Å². The number of carbonyl (C=O) groups is 1. The van der Waals surface area contributed by atoms with Crippen LogP contribution in [0.2, 0.25) is 0 Å². The molecule has 0 aromatic rings. The van der Waals surface area contributed by atoms with E-state index >= 15 is 0 Å². The van der Waals surface area contributed by atoms with E-state index in [-0.39, 0.29) is 12.0 Å². The Kier molecular flexibility index (Phi) is 7.29. The largest absolute Gasteiger partial charge is 0.480 e. The van der Waals surface area contributed by atoms with Crippen LogP contribution in [-0.4, -0.2) is 50.6 Å². The first kappa shape index (κ1) is 14.3. The van der Waals surface area contributed by atoms with Crippen LogP contribution in [0.4, 0.5) is 0 Å². The Balaban J connectivity index is 4.02. The van der Waals surface area contributed by atoms with Gasteiger partial charge in [-0.25, -0.2) is 0 Å². The van der Waals surface area contributed by atoms with Crippen LogP contribution in [0.1, 0.15) is 13.8 Å². The van der Waals surface area contributed by atoms with Gasteiger partial charge in [-0.05, 0) is 5.92 Å². The molecule has 2 unspecified atom stereocenters. The van der Waals surface area contributed by atoms with Crippen molar-refractivity contribution < 1.29 is 19.4 Å². The van der Waals surface area contributed by atoms with Gasteiger partial charge in [-0.1, -0.05) is 13.8 Å². The molecule has 0 heterocycles. The highest BCUT2D eigenvalue weighted by atomic mass is 16.5. The molecule has 0 aromatic heterocycles. The lowest BCUT2D eigenvalue weighted by atomic mass is 10.0. The molecule has 5 heteroatoms. The van der Waals surface area contributed by atoms with Gasteiger partial charge in [0.25, 0.3) is 0 Å². The number of aliphatic carboxylic acids is 1. The molecule has 2 N–H and O–H groups in total. The van der Waals surface area contributed by atoms with Gasteiger partial charge in [-0.15, -0.1) is 0 Å². The highest BCUT2D eigenvalue weighted by Gasteiger charge is 2.21.